The molecule has 0 bridgehead atoms. The van der Waals surface area contributed by atoms with Crippen LogP contribution in [0.25, 0.3) is 11.1 Å². The molecule has 3 N–H and O–H groups in total. The number of rotatable bonds is 13. The number of carbonyl (C=O) groups is 2. The Morgan fingerprint density at radius 3 is 2.31 bits per heavy atom. The zero-order chi connectivity index (χ0) is 31.6. The molecule has 2 heterocycles. The minimum atomic E-state index is -0.904. The largest absolute Gasteiger partial charge is 0.481 e. The second-order valence-electron chi connectivity index (χ2n) is 11.0. The standard InChI is InChI=1S/C35H37N3O6S/c1-23-30(22-45-35-36-18-5-19-37-35)43-34(44-33(23)26-12-10-24(21-39)11-13-26)27-16-14-25(15-17-27)29-7-3-2-6-28(29)20-38-31(40)8-4-9-32(41)42/h2-3,5-7,10-19,23,30,33-34,39H,4,8-9,20-22H2,1H3,(H,38,40)(H,41,42)/t23-,30+,33+,34+/m0/s1. The van der Waals surface area contributed by atoms with Crippen molar-refractivity contribution in [3.63, 3.8) is 0 Å². The van der Waals surface area contributed by atoms with E-state index in [1.165, 1.54) is 0 Å². The van der Waals surface area contributed by atoms with Crippen molar-refractivity contribution in [1.29, 1.82) is 0 Å². The normalized spacial score (nSPS) is 19.6. The molecule has 1 amide bonds. The number of ether oxygens (including phenoxy) is 2. The van der Waals surface area contributed by atoms with E-state index >= 15 is 0 Å². The van der Waals surface area contributed by atoms with Gasteiger partial charge in [0.1, 0.15) is 0 Å². The summed E-state index contributed by atoms with van der Waals surface area (Å²) in [4.78, 5) is 31.7. The molecule has 4 atom stereocenters. The minimum Gasteiger partial charge on any atom is -0.481 e. The molecule has 4 aromatic rings. The molecule has 1 saturated heterocycles. The van der Waals surface area contributed by atoms with Gasteiger partial charge in [-0.05, 0) is 40.3 Å². The zero-order valence-corrected chi connectivity index (χ0v) is 25.9. The Morgan fingerprint density at radius 2 is 1.60 bits per heavy atom. The Kier molecular flexibility index (Phi) is 11.3. The van der Waals surface area contributed by atoms with Crippen LogP contribution in [0.4, 0.5) is 0 Å². The van der Waals surface area contributed by atoms with Crippen molar-refractivity contribution in [1.82, 2.24) is 15.3 Å². The van der Waals surface area contributed by atoms with Crippen LogP contribution in [-0.4, -0.2) is 43.9 Å². The summed E-state index contributed by atoms with van der Waals surface area (Å²) in [5.74, 6) is -0.375. The molecular formula is C35H37N3O6S. The first kappa shape index (κ1) is 32.3. The van der Waals surface area contributed by atoms with Crippen molar-refractivity contribution in [3.8, 4) is 11.1 Å². The molecule has 234 valence electrons. The van der Waals surface area contributed by atoms with E-state index in [1.807, 2.05) is 72.8 Å². The second-order valence-corrected chi connectivity index (χ2v) is 12.0. The number of nitrogens with zero attached hydrogens (tertiary/aromatic N) is 2. The summed E-state index contributed by atoms with van der Waals surface area (Å²) in [5.41, 5.74) is 5.70. The third kappa shape index (κ3) is 8.76. The monoisotopic (exact) mass is 627 g/mol. The van der Waals surface area contributed by atoms with Gasteiger partial charge in [0.05, 0.1) is 18.8 Å². The van der Waals surface area contributed by atoms with Crippen molar-refractivity contribution in [2.24, 2.45) is 5.92 Å². The molecule has 0 saturated carbocycles. The number of benzene rings is 3. The van der Waals surface area contributed by atoms with E-state index < -0.39 is 12.3 Å². The quantitative estimate of drug-likeness (QED) is 0.119. The van der Waals surface area contributed by atoms with E-state index in [1.54, 1.807) is 30.2 Å². The van der Waals surface area contributed by atoms with E-state index in [0.717, 1.165) is 33.4 Å². The van der Waals surface area contributed by atoms with E-state index in [-0.39, 0.29) is 43.5 Å². The van der Waals surface area contributed by atoms with Gasteiger partial charge in [-0.3, -0.25) is 9.59 Å². The SMILES string of the molecule is C[C@H]1[C@@H](CSc2ncccn2)O[C@@H](c2ccc(-c3ccccc3CNC(=O)CCCC(=O)O)cc2)O[C@H]1c1ccc(CO)cc1. The number of aliphatic hydroxyl groups is 1. The molecule has 1 fully saturated rings. The van der Waals surface area contributed by atoms with Gasteiger partial charge >= 0.3 is 5.97 Å². The first-order valence-corrected chi connectivity index (χ1v) is 16.0. The Bertz CT molecular complexity index is 1550. The lowest BCUT2D eigenvalue weighted by molar-refractivity contribution is -0.268. The van der Waals surface area contributed by atoms with Crippen LogP contribution < -0.4 is 5.32 Å². The van der Waals surface area contributed by atoms with Gasteiger partial charge in [0.15, 0.2) is 11.4 Å². The third-order valence-corrected chi connectivity index (χ3v) is 8.79. The predicted octanol–water partition coefficient (Wildman–Crippen LogP) is 6.09. The maximum atomic E-state index is 12.3. The van der Waals surface area contributed by atoms with Crippen LogP contribution in [0.3, 0.4) is 0 Å². The van der Waals surface area contributed by atoms with Gasteiger partial charge in [-0.2, -0.15) is 0 Å². The molecule has 0 radical (unpaired) electrons. The van der Waals surface area contributed by atoms with E-state index in [0.29, 0.717) is 23.9 Å². The Hall–Kier alpha value is -4.09. The zero-order valence-electron chi connectivity index (χ0n) is 25.0. The summed E-state index contributed by atoms with van der Waals surface area (Å²) in [6.07, 6.45) is 2.96. The van der Waals surface area contributed by atoms with Crippen molar-refractivity contribution in [2.75, 3.05) is 5.75 Å². The maximum absolute atomic E-state index is 12.3. The van der Waals surface area contributed by atoms with Gasteiger partial charge in [-0.15, -0.1) is 0 Å². The molecule has 0 spiro atoms. The van der Waals surface area contributed by atoms with Crippen molar-refractivity contribution >= 4 is 23.6 Å². The van der Waals surface area contributed by atoms with Gasteiger partial charge in [-0.25, -0.2) is 9.97 Å². The number of carbonyl (C=O) groups excluding carboxylic acids is 1. The van der Waals surface area contributed by atoms with Crippen molar-refractivity contribution in [2.45, 2.75) is 63.0 Å². The van der Waals surface area contributed by atoms with Crippen molar-refractivity contribution < 1.29 is 29.3 Å². The summed E-state index contributed by atoms with van der Waals surface area (Å²) >= 11 is 1.55. The van der Waals surface area contributed by atoms with Crippen molar-refractivity contribution in [3.05, 3.63) is 114 Å². The van der Waals surface area contributed by atoms with Crippen LogP contribution in [0.1, 0.15) is 60.8 Å². The first-order chi connectivity index (χ1) is 21.9. The molecule has 1 aliphatic rings. The number of nitrogens with one attached hydrogen (secondary N) is 1. The number of amides is 1. The molecule has 0 unspecified atom stereocenters. The third-order valence-electron chi connectivity index (χ3n) is 7.82. The molecule has 1 aromatic heterocycles. The van der Waals surface area contributed by atoms with E-state index in [9.17, 15) is 14.7 Å². The predicted molar refractivity (Wildman–Crippen MR) is 171 cm³/mol. The number of thioether (sulfide) groups is 1. The number of hydrogen-bond donors (Lipinski definition) is 3. The molecule has 5 rings (SSSR count). The summed E-state index contributed by atoms with van der Waals surface area (Å²) in [7, 11) is 0. The number of hydrogen-bond acceptors (Lipinski definition) is 8. The van der Waals surface area contributed by atoms with Crippen LogP contribution in [0.15, 0.2) is 96.4 Å². The number of carboxylic acid groups (broad SMARTS) is 1. The number of aliphatic hydroxyl groups excluding tert-OH is 1. The first-order valence-electron chi connectivity index (χ1n) is 15.0. The summed E-state index contributed by atoms with van der Waals surface area (Å²) in [5, 5.41) is 21.9. The van der Waals surface area contributed by atoms with Gasteiger partial charge < -0.3 is 25.0 Å². The average Bonchev–Trinajstić information content (AvgIpc) is 3.07. The second kappa shape index (κ2) is 15.8. The molecule has 3 aromatic carbocycles. The fraction of sp³-hybridized carbons (Fsp3) is 0.314. The van der Waals surface area contributed by atoms with Crippen LogP contribution in [0.5, 0.6) is 0 Å². The molecule has 45 heavy (non-hydrogen) atoms. The Morgan fingerprint density at radius 1 is 0.889 bits per heavy atom. The lowest BCUT2D eigenvalue weighted by Gasteiger charge is -2.41. The highest BCUT2D eigenvalue weighted by atomic mass is 32.2. The van der Waals surface area contributed by atoms with Gasteiger partial charge in [0.25, 0.3) is 0 Å². The molecular weight excluding hydrogens is 590 g/mol. The highest BCUT2D eigenvalue weighted by molar-refractivity contribution is 7.99. The lowest BCUT2D eigenvalue weighted by Crippen LogP contribution is -2.38. The minimum absolute atomic E-state index is 0.0158. The van der Waals surface area contributed by atoms with Gasteiger partial charge in [0.2, 0.25) is 5.91 Å². The highest BCUT2D eigenvalue weighted by Gasteiger charge is 2.38. The highest BCUT2D eigenvalue weighted by Crippen LogP contribution is 2.43. The topological polar surface area (TPSA) is 131 Å². The van der Waals surface area contributed by atoms with E-state index in [2.05, 4.69) is 22.2 Å². The summed E-state index contributed by atoms with van der Waals surface area (Å²) < 4.78 is 13.2. The molecule has 9 nitrogen and oxygen atoms in total. The Labute approximate surface area is 267 Å². The summed E-state index contributed by atoms with van der Waals surface area (Å²) in [6.45, 7) is 2.46. The van der Waals surface area contributed by atoms with E-state index in [4.69, 9.17) is 14.6 Å². The number of aromatic nitrogens is 2. The molecule has 0 aliphatic carbocycles. The smallest absolute Gasteiger partial charge is 0.303 e. The fourth-order valence-electron chi connectivity index (χ4n) is 5.28. The fourth-order valence-corrected chi connectivity index (χ4v) is 6.25. The number of carboxylic acids is 1. The van der Waals surface area contributed by atoms with Crippen LogP contribution in [0, 0.1) is 5.92 Å². The molecule has 1 aliphatic heterocycles. The van der Waals surface area contributed by atoms with Crippen LogP contribution in [-0.2, 0) is 32.2 Å². The van der Waals surface area contributed by atoms with Gasteiger partial charge in [-0.1, -0.05) is 91.5 Å². The molecule has 10 heteroatoms. The Balaban J connectivity index is 1.32. The van der Waals surface area contributed by atoms with Gasteiger partial charge in [0, 0.05) is 49.0 Å². The average molecular weight is 628 g/mol. The summed E-state index contributed by atoms with van der Waals surface area (Å²) in [6, 6.07) is 25.6. The van der Waals surface area contributed by atoms with Crippen LogP contribution >= 0.6 is 11.8 Å². The maximum Gasteiger partial charge on any atom is 0.303 e. The van der Waals surface area contributed by atoms with Crippen LogP contribution in [0.2, 0.25) is 0 Å². The number of aliphatic carboxylic acids is 1. The lowest BCUT2D eigenvalue weighted by atomic mass is 9.91.